The number of nitrogens with one attached hydrogen (secondary N) is 2. The summed E-state index contributed by atoms with van der Waals surface area (Å²) in [5.41, 5.74) is 2.26. The Labute approximate surface area is 168 Å². The molecule has 1 amide bonds. The zero-order valence-corrected chi connectivity index (χ0v) is 16.2. The minimum Gasteiger partial charge on any atom is -0.497 e. The fourth-order valence-corrected chi connectivity index (χ4v) is 3.52. The van der Waals surface area contributed by atoms with E-state index in [1.54, 1.807) is 30.1 Å². The van der Waals surface area contributed by atoms with Gasteiger partial charge < -0.3 is 15.4 Å². The maximum atomic E-state index is 13.1. The summed E-state index contributed by atoms with van der Waals surface area (Å²) < 4.78 is 20.0. The number of amides is 1. The molecule has 4 rings (SSSR count). The Balaban J connectivity index is 1.40. The van der Waals surface area contributed by atoms with Crippen molar-refractivity contribution in [1.82, 2.24) is 20.4 Å². The van der Waals surface area contributed by atoms with Crippen LogP contribution in [-0.4, -0.2) is 35.9 Å². The van der Waals surface area contributed by atoms with Crippen LogP contribution in [0.25, 0.3) is 5.69 Å². The van der Waals surface area contributed by atoms with Crippen LogP contribution in [0.5, 0.6) is 5.75 Å². The van der Waals surface area contributed by atoms with Gasteiger partial charge in [-0.2, -0.15) is 5.10 Å². The quantitative estimate of drug-likeness (QED) is 0.646. The molecule has 0 unspecified atom stereocenters. The average molecular weight is 394 g/mol. The molecule has 0 aliphatic carbocycles. The van der Waals surface area contributed by atoms with Crippen molar-refractivity contribution in [2.45, 2.75) is 13.0 Å². The van der Waals surface area contributed by atoms with Gasteiger partial charge in [0, 0.05) is 31.4 Å². The first-order valence-electron chi connectivity index (χ1n) is 9.49. The van der Waals surface area contributed by atoms with Crippen LogP contribution in [0.3, 0.4) is 0 Å². The van der Waals surface area contributed by atoms with Gasteiger partial charge in [-0.3, -0.25) is 4.79 Å². The minimum atomic E-state index is -0.459. The van der Waals surface area contributed by atoms with E-state index in [1.165, 1.54) is 12.1 Å². The summed E-state index contributed by atoms with van der Waals surface area (Å²) in [6, 6.07) is 13.9. The van der Waals surface area contributed by atoms with Gasteiger partial charge in [0.2, 0.25) is 5.91 Å². The van der Waals surface area contributed by atoms with Crippen LogP contribution >= 0.6 is 0 Å². The summed E-state index contributed by atoms with van der Waals surface area (Å²) in [4.78, 5) is 12.9. The Morgan fingerprint density at radius 2 is 2.03 bits per heavy atom. The maximum Gasteiger partial charge on any atom is 0.229 e. The van der Waals surface area contributed by atoms with Gasteiger partial charge in [0.15, 0.2) is 0 Å². The third-order valence-corrected chi connectivity index (χ3v) is 5.27. The van der Waals surface area contributed by atoms with Crippen molar-refractivity contribution in [2.24, 2.45) is 5.41 Å². The van der Waals surface area contributed by atoms with Crippen LogP contribution in [0.1, 0.15) is 11.1 Å². The molecule has 1 fully saturated rings. The topological polar surface area (TPSA) is 68.2 Å². The van der Waals surface area contributed by atoms with E-state index in [0.29, 0.717) is 26.1 Å². The highest BCUT2D eigenvalue weighted by Gasteiger charge is 2.44. The second-order valence-electron chi connectivity index (χ2n) is 7.36. The molecule has 150 valence electrons. The number of rotatable bonds is 7. The Bertz CT molecular complexity index is 996. The van der Waals surface area contributed by atoms with Gasteiger partial charge in [0.1, 0.15) is 11.6 Å². The number of ether oxygens (including phenoxy) is 1. The molecular formula is C22H23FN4O2. The van der Waals surface area contributed by atoms with E-state index in [4.69, 9.17) is 4.74 Å². The molecule has 0 saturated carbocycles. The van der Waals surface area contributed by atoms with Gasteiger partial charge >= 0.3 is 0 Å². The second kappa shape index (κ2) is 8.05. The molecular weight excluding hydrogens is 371 g/mol. The third kappa shape index (κ3) is 4.14. The van der Waals surface area contributed by atoms with Gasteiger partial charge in [-0.1, -0.05) is 12.1 Å². The standard InChI is InChI=1S/C22H23FN4O2/c1-29-20-4-2-3-16(9-20)10-22(14-24-15-22)21(28)25-11-17-12-26-27(13-17)19-7-5-18(23)6-8-19/h2-9,12-13,24H,10-11,14-15H2,1H3,(H,25,28). The summed E-state index contributed by atoms with van der Waals surface area (Å²) in [6.45, 7) is 1.68. The largest absolute Gasteiger partial charge is 0.497 e. The zero-order valence-electron chi connectivity index (χ0n) is 16.2. The first kappa shape index (κ1) is 19.1. The van der Waals surface area contributed by atoms with Crippen LogP contribution in [0.15, 0.2) is 60.9 Å². The molecule has 1 saturated heterocycles. The lowest BCUT2D eigenvalue weighted by Gasteiger charge is -2.41. The number of carbonyl (C=O) groups is 1. The molecule has 0 bridgehead atoms. The average Bonchev–Trinajstić information content (AvgIpc) is 3.18. The summed E-state index contributed by atoms with van der Waals surface area (Å²) in [5, 5.41) is 10.6. The fraction of sp³-hybridized carbons (Fsp3) is 0.273. The van der Waals surface area contributed by atoms with Crippen molar-refractivity contribution in [3.8, 4) is 11.4 Å². The molecule has 2 heterocycles. The lowest BCUT2D eigenvalue weighted by atomic mass is 9.75. The molecule has 1 aliphatic heterocycles. The van der Waals surface area contributed by atoms with Crippen LogP contribution < -0.4 is 15.4 Å². The van der Waals surface area contributed by atoms with E-state index < -0.39 is 5.41 Å². The van der Waals surface area contributed by atoms with Crippen LogP contribution in [0, 0.1) is 11.2 Å². The fourth-order valence-electron chi connectivity index (χ4n) is 3.52. The monoisotopic (exact) mass is 394 g/mol. The number of methoxy groups -OCH3 is 1. The van der Waals surface area contributed by atoms with Crippen molar-refractivity contribution in [1.29, 1.82) is 0 Å². The number of carbonyl (C=O) groups excluding carboxylic acids is 1. The molecule has 7 heteroatoms. The maximum absolute atomic E-state index is 13.1. The molecule has 0 spiro atoms. The van der Waals surface area contributed by atoms with E-state index in [1.807, 2.05) is 30.5 Å². The Hall–Kier alpha value is -3.19. The van der Waals surface area contributed by atoms with E-state index in [0.717, 1.165) is 22.6 Å². The molecule has 6 nitrogen and oxygen atoms in total. The molecule has 1 aromatic heterocycles. The summed E-state index contributed by atoms with van der Waals surface area (Å²) in [5.74, 6) is 0.524. The lowest BCUT2D eigenvalue weighted by Crippen LogP contribution is -2.62. The van der Waals surface area contributed by atoms with Gasteiger partial charge in [0.05, 0.1) is 24.4 Å². The molecule has 3 aromatic rings. The zero-order chi connectivity index (χ0) is 20.3. The highest BCUT2D eigenvalue weighted by Crippen LogP contribution is 2.29. The molecule has 2 aromatic carbocycles. The number of hydrogen-bond donors (Lipinski definition) is 2. The highest BCUT2D eigenvalue weighted by molar-refractivity contribution is 5.84. The first-order chi connectivity index (χ1) is 14.1. The number of nitrogens with zero attached hydrogens (tertiary/aromatic N) is 2. The smallest absolute Gasteiger partial charge is 0.229 e. The SMILES string of the molecule is COc1cccc(CC2(C(=O)NCc3cnn(-c4ccc(F)cc4)c3)CNC2)c1. The van der Waals surface area contributed by atoms with Gasteiger partial charge in [0.25, 0.3) is 0 Å². The molecule has 1 aliphatic rings. The Morgan fingerprint density at radius 3 is 2.72 bits per heavy atom. The number of benzene rings is 2. The van der Waals surface area contributed by atoms with Crippen molar-refractivity contribution in [3.63, 3.8) is 0 Å². The van der Waals surface area contributed by atoms with Crippen LogP contribution in [0.2, 0.25) is 0 Å². The predicted molar refractivity (Wildman–Crippen MR) is 107 cm³/mol. The minimum absolute atomic E-state index is 0.0219. The second-order valence-corrected chi connectivity index (χ2v) is 7.36. The third-order valence-electron chi connectivity index (χ3n) is 5.27. The molecule has 0 atom stereocenters. The molecule has 29 heavy (non-hydrogen) atoms. The number of halogens is 1. The van der Waals surface area contributed by atoms with Crippen molar-refractivity contribution < 1.29 is 13.9 Å². The van der Waals surface area contributed by atoms with Crippen molar-refractivity contribution >= 4 is 5.91 Å². The van der Waals surface area contributed by atoms with Crippen LogP contribution in [-0.2, 0) is 17.8 Å². The Morgan fingerprint density at radius 1 is 1.24 bits per heavy atom. The normalized spacial score (nSPS) is 14.8. The van der Waals surface area contributed by atoms with Gasteiger partial charge in [-0.15, -0.1) is 0 Å². The molecule has 2 N–H and O–H groups in total. The summed E-state index contributed by atoms with van der Waals surface area (Å²) in [7, 11) is 1.64. The molecule has 0 radical (unpaired) electrons. The lowest BCUT2D eigenvalue weighted by molar-refractivity contribution is -0.134. The van der Waals surface area contributed by atoms with E-state index in [9.17, 15) is 9.18 Å². The van der Waals surface area contributed by atoms with E-state index >= 15 is 0 Å². The Kier molecular flexibility index (Phi) is 5.31. The number of hydrogen-bond acceptors (Lipinski definition) is 4. The summed E-state index contributed by atoms with van der Waals surface area (Å²) in [6.07, 6.45) is 4.19. The van der Waals surface area contributed by atoms with E-state index in [-0.39, 0.29) is 11.7 Å². The van der Waals surface area contributed by atoms with Gasteiger partial charge in [-0.25, -0.2) is 9.07 Å². The van der Waals surface area contributed by atoms with E-state index in [2.05, 4.69) is 15.7 Å². The predicted octanol–water partition coefficient (Wildman–Crippen LogP) is 2.47. The van der Waals surface area contributed by atoms with Gasteiger partial charge in [-0.05, 0) is 48.4 Å². The highest BCUT2D eigenvalue weighted by atomic mass is 19.1. The van der Waals surface area contributed by atoms with Crippen molar-refractivity contribution in [2.75, 3.05) is 20.2 Å². The van der Waals surface area contributed by atoms with Crippen molar-refractivity contribution in [3.05, 3.63) is 77.9 Å². The number of aromatic nitrogens is 2. The summed E-state index contributed by atoms with van der Waals surface area (Å²) >= 11 is 0. The first-order valence-corrected chi connectivity index (χ1v) is 9.49. The van der Waals surface area contributed by atoms with Crippen LogP contribution in [0.4, 0.5) is 4.39 Å².